The third-order valence-corrected chi connectivity index (χ3v) is 4.47. The Kier molecular flexibility index (Phi) is 6.31. The van der Waals surface area contributed by atoms with Crippen LogP contribution in [0.1, 0.15) is 40.0 Å². The zero-order valence-corrected chi connectivity index (χ0v) is 12.2. The van der Waals surface area contributed by atoms with Crippen LogP contribution in [-0.4, -0.2) is 55.6 Å². The fraction of sp³-hybridized carbons (Fsp3) is 0.769. The number of rotatable bonds is 9. The van der Waals surface area contributed by atoms with Crippen LogP contribution in [0.3, 0.4) is 0 Å². The molecule has 3 atom stereocenters. The molecule has 0 aliphatic heterocycles. The molecule has 8 heteroatoms. The van der Waals surface area contributed by atoms with Crippen LogP contribution >= 0.6 is 0 Å². The molecule has 0 saturated heterocycles. The Morgan fingerprint density at radius 1 is 0.857 bits per heavy atom. The van der Waals surface area contributed by atoms with Crippen molar-refractivity contribution < 1.29 is 39.9 Å². The van der Waals surface area contributed by atoms with Crippen molar-refractivity contribution in [3.05, 3.63) is 0 Å². The van der Waals surface area contributed by atoms with E-state index in [-0.39, 0.29) is 19.3 Å². The van der Waals surface area contributed by atoms with Gasteiger partial charge in [-0.25, -0.2) is 4.79 Å². The number of hydrogen-bond acceptors (Lipinski definition) is 5. The van der Waals surface area contributed by atoms with Gasteiger partial charge in [-0.05, 0) is 19.3 Å². The quantitative estimate of drug-likeness (QED) is 0.404. The van der Waals surface area contributed by atoms with E-state index in [2.05, 4.69) is 0 Å². The molecule has 5 N–H and O–H groups in total. The van der Waals surface area contributed by atoms with Crippen molar-refractivity contribution in [3.8, 4) is 0 Å². The lowest BCUT2D eigenvalue weighted by Gasteiger charge is -2.47. The van der Waals surface area contributed by atoms with Crippen LogP contribution in [-0.2, 0) is 14.4 Å². The standard InChI is InChI=1S/C13H22O8/c1-4-12(5-2,10(18)19)13(6-3,11(20)21)8(15)7(14)9(16)17/h7-8,14-15H,4-6H2,1-3H3,(H,16,17)(H,18,19)(H,20,21). The van der Waals surface area contributed by atoms with E-state index < -0.39 is 40.9 Å². The summed E-state index contributed by atoms with van der Waals surface area (Å²) < 4.78 is 0. The number of hydrogen-bond donors (Lipinski definition) is 5. The average Bonchev–Trinajstić information content (AvgIpc) is 2.42. The van der Waals surface area contributed by atoms with Gasteiger partial charge >= 0.3 is 17.9 Å². The van der Waals surface area contributed by atoms with Gasteiger partial charge in [-0.2, -0.15) is 0 Å². The average molecular weight is 306 g/mol. The van der Waals surface area contributed by atoms with Crippen LogP contribution in [0.2, 0.25) is 0 Å². The summed E-state index contributed by atoms with van der Waals surface area (Å²) >= 11 is 0. The molecule has 3 unspecified atom stereocenters. The molecule has 0 heterocycles. The molecule has 0 fully saturated rings. The van der Waals surface area contributed by atoms with Crippen molar-refractivity contribution in [1.82, 2.24) is 0 Å². The van der Waals surface area contributed by atoms with Crippen LogP contribution in [0.5, 0.6) is 0 Å². The minimum Gasteiger partial charge on any atom is -0.481 e. The Balaban J connectivity index is 6.37. The number of aliphatic hydroxyl groups excluding tert-OH is 2. The first kappa shape index (κ1) is 19.3. The lowest BCUT2D eigenvalue weighted by Crippen LogP contribution is -2.62. The van der Waals surface area contributed by atoms with Crippen LogP contribution in [0.4, 0.5) is 0 Å². The number of aliphatic carboxylic acids is 3. The second-order valence-corrected chi connectivity index (χ2v) is 4.95. The van der Waals surface area contributed by atoms with Crippen molar-refractivity contribution in [3.63, 3.8) is 0 Å². The molecule has 0 bridgehead atoms. The van der Waals surface area contributed by atoms with Crippen LogP contribution < -0.4 is 0 Å². The summed E-state index contributed by atoms with van der Waals surface area (Å²) in [6.45, 7) is 4.24. The molecule has 0 aliphatic carbocycles. The maximum atomic E-state index is 11.8. The van der Waals surface area contributed by atoms with Crippen LogP contribution in [0, 0.1) is 10.8 Å². The third kappa shape index (κ3) is 2.73. The highest BCUT2D eigenvalue weighted by atomic mass is 16.4. The van der Waals surface area contributed by atoms with E-state index in [1.807, 2.05) is 0 Å². The lowest BCUT2D eigenvalue weighted by molar-refractivity contribution is -0.201. The summed E-state index contributed by atoms with van der Waals surface area (Å²) in [7, 11) is 0. The molecule has 0 aromatic heterocycles. The molecular weight excluding hydrogens is 284 g/mol. The zero-order chi connectivity index (χ0) is 17.0. The normalized spacial score (nSPS) is 17.6. The number of carboxylic acid groups (broad SMARTS) is 3. The van der Waals surface area contributed by atoms with Gasteiger partial charge in [-0.1, -0.05) is 20.8 Å². The topological polar surface area (TPSA) is 152 Å². The molecule has 0 rings (SSSR count). The van der Waals surface area contributed by atoms with E-state index in [0.29, 0.717) is 0 Å². The van der Waals surface area contributed by atoms with E-state index in [9.17, 15) is 34.8 Å². The van der Waals surface area contributed by atoms with E-state index in [0.717, 1.165) is 0 Å². The van der Waals surface area contributed by atoms with Gasteiger partial charge in [0.25, 0.3) is 0 Å². The zero-order valence-electron chi connectivity index (χ0n) is 12.2. The summed E-state index contributed by atoms with van der Waals surface area (Å²) in [6, 6.07) is 0. The first-order valence-corrected chi connectivity index (χ1v) is 6.64. The van der Waals surface area contributed by atoms with Crippen LogP contribution in [0.15, 0.2) is 0 Å². The molecular formula is C13H22O8. The summed E-state index contributed by atoms with van der Waals surface area (Å²) in [4.78, 5) is 34.3. The predicted octanol–water partition coefficient (Wildman–Crippen LogP) is 0.165. The Morgan fingerprint density at radius 2 is 1.29 bits per heavy atom. The van der Waals surface area contributed by atoms with E-state index in [1.165, 1.54) is 20.8 Å². The molecule has 0 aromatic carbocycles. The maximum absolute atomic E-state index is 11.8. The molecule has 0 saturated carbocycles. The van der Waals surface area contributed by atoms with Gasteiger partial charge in [0.2, 0.25) is 0 Å². The lowest BCUT2D eigenvalue weighted by atomic mass is 9.55. The Hall–Kier alpha value is -1.67. The molecule has 0 spiro atoms. The van der Waals surface area contributed by atoms with Crippen LogP contribution in [0.25, 0.3) is 0 Å². The van der Waals surface area contributed by atoms with Gasteiger partial charge in [0.15, 0.2) is 6.10 Å². The molecule has 21 heavy (non-hydrogen) atoms. The first-order chi connectivity index (χ1) is 9.58. The fourth-order valence-electron chi connectivity index (χ4n) is 3.09. The minimum atomic E-state index is -2.39. The molecule has 0 aliphatic rings. The molecule has 122 valence electrons. The minimum absolute atomic E-state index is 0.137. The van der Waals surface area contributed by atoms with Gasteiger partial charge < -0.3 is 25.5 Å². The van der Waals surface area contributed by atoms with E-state index >= 15 is 0 Å². The highest BCUT2D eigenvalue weighted by Crippen LogP contribution is 2.51. The fourth-order valence-corrected chi connectivity index (χ4v) is 3.09. The third-order valence-electron chi connectivity index (χ3n) is 4.47. The molecule has 0 aromatic rings. The summed E-state index contributed by atoms with van der Waals surface area (Å²) in [6.07, 6.45) is -5.27. The van der Waals surface area contributed by atoms with Crippen molar-refractivity contribution in [1.29, 1.82) is 0 Å². The first-order valence-electron chi connectivity index (χ1n) is 6.64. The monoisotopic (exact) mass is 306 g/mol. The van der Waals surface area contributed by atoms with Crippen molar-refractivity contribution in [2.75, 3.05) is 0 Å². The number of aliphatic hydroxyl groups is 2. The van der Waals surface area contributed by atoms with Gasteiger partial charge in [0.1, 0.15) is 11.5 Å². The molecule has 0 amide bonds. The summed E-state index contributed by atoms with van der Waals surface area (Å²) in [5.41, 5.74) is -4.22. The van der Waals surface area contributed by atoms with Crippen molar-refractivity contribution >= 4 is 17.9 Å². The Bertz CT molecular complexity index is 414. The Labute approximate surface area is 122 Å². The highest BCUT2D eigenvalue weighted by Gasteiger charge is 2.64. The molecule has 0 radical (unpaired) electrons. The number of carboxylic acids is 3. The largest absolute Gasteiger partial charge is 0.481 e. The highest BCUT2D eigenvalue weighted by molar-refractivity contribution is 5.88. The second kappa shape index (κ2) is 6.86. The molecule has 8 nitrogen and oxygen atoms in total. The SMILES string of the molecule is CCC(CC)(C(=O)O)C(CC)(C(=O)O)C(O)C(O)C(=O)O. The van der Waals surface area contributed by atoms with Gasteiger partial charge in [-0.3, -0.25) is 9.59 Å². The predicted molar refractivity (Wildman–Crippen MR) is 70.7 cm³/mol. The van der Waals surface area contributed by atoms with E-state index in [1.54, 1.807) is 0 Å². The summed E-state index contributed by atoms with van der Waals surface area (Å²) in [5, 5.41) is 47.5. The Morgan fingerprint density at radius 3 is 1.48 bits per heavy atom. The van der Waals surface area contributed by atoms with Gasteiger partial charge in [-0.15, -0.1) is 0 Å². The van der Waals surface area contributed by atoms with Crippen molar-refractivity contribution in [2.45, 2.75) is 52.2 Å². The van der Waals surface area contributed by atoms with E-state index in [4.69, 9.17) is 5.11 Å². The van der Waals surface area contributed by atoms with Crippen molar-refractivity contribution in [2.24, 2.45) is 10.8 Å². The number of carbonyl (C=O) groups is 3. The smallest absolute Gasteiger partial charge is 0.335 e. The van der Waals surface area contributed by atoms with Gasteiger partial charge in [0, 0.05) is 0 Å². The van der Waals surface area contributed by atoms with Gasteiger partial charge in [0.05, 0.1) is 5.41 Å². The summed E-state index contributed by atoms with van der Waals surface area (Å²) in [5.74, 6) is -4.91. The second-order valence-electron chi connectivity index (χ2n) is 4.95. The maximum Gasteiger partial charge on any atom is 0.335 e.